The van der Waals surface area contributed by atoms with Crippen molar-refractivity contribution in [3.05, 3.63) is 84.7 Å². The number of fused-ring (bicyclic) bond motifs is 3. The second-order valence-electron chi connectivity index (χ2n) is 14.9. The number of hydrogen-bond acceptors (Lipinski definition) is 6. The Bertz CT molecular complexity index is 2030. The lowest BCUT2D eigenvalue weighted by molar-refractivity contribution is -0.131. The minimum absolute atomic E-state index is 0.114. The van der Waals surface area contributed by atoms with Gasteiger partial charge in [0.05, 0.1) is 43.5 Å². The molecule has 2 bridgehead atoms. The predicted octanol–water partition coefficient (Wildman–Crippen LogP) is 7.32. The zero-order valence-corrected chi connectivity index (χ0v) is 29.0. The summed E-state index contributed by atoms with van der Waals surface area (Å²) in [5.41, 5.74) is 6.59. The largest absolute Gasteiger partial charge is 0.453 e. The van der Waals surface area contributed by atoms with Gasteiger partial charge in [0.25, 0.3) is 0 Å². The lowest BCUT2D eigenvalue weighted by atomic mass is 9.87. The molecule has 3 aliphatic rings. The summed E-state index contributed by atoms with van der Waals surface area (Å²) in [5, 5.41) is 4.80. The molecule has 3 atom stereocenters. The summed E-state index contributed by atoms with van der Waals surface area (Å²) < 4.78 is 4.63. The van der Waals surface area contributed by atoms with Crippen LogP contribution in [0, 0.1) is 11.3 Å². The first kappa shape index (κ1) is 32.3. The molecule has 5 aromatic rings. The van der Waals surface area contributed by atoms with Crippen molar-refractivity contribution in [2.45, 2.75) is 64.1 Å². The van der Waals surface area contributed by atoms with Gasteiger partial charge in [0.2, 0.25) is 5.91 Å². The van der Waals surface area contributed by atoms with Gasteiger partial charge in [-0.25, -0.2) is 14.8 Å². The van der Waals surface area contributed by atoms with Crippen molar-refractivity contribution in [3.63, 3.8) is 0 Å². The average molecular weight is 672 g/mol. The van der Waals surface area contributed by atoms with Crippen molar-refractivity contribution in [2.24, 2.45) is 11.3 Å². The lowest BCUT2D eigenvalue weighted by Crippen LogP contribution is -2.42. The van der Waals surface area contributed by atoms with Gasteiger partial charge >= 0.3 is 6.09 Å². The molecule has 3 heterocycles. The number of alkyl carbamates (subject to hydrolysis) is 1. The van der Waals surface area contributed by atoms with Gasteiger partial charge in [-0.1, -0.05) is 61.9 Å². The first-order valence-electron chi connectivity index (χ1n) is 17.8. The fourth-order valence-corrected chi connectivity index (χ4v) is 8.07. The molecule has 2 amide bonds. The van der Waals surface area contributed by atoms with Crippen LogP contribution in [-0.2, 0) is 16.1 Å². The molecule has 3 fully saturated rings. The Morgan fingerprint density at radius 2 is 1.60 bits per heavy atom. The van der Waals surface area contributed by atoms with Crippen molar-refractivity contribution in [1.29, 1.82) is 0 Å². The molecule has 10 nitrogen and oxygen atoms in total. The summed E-state index contributed by atoms with van der Waals surface area (Å²) in [6.07, 6.45) is 10.6. The van der Waals surface area contributed by atoms with Gasteiger partial charge in [-0.3, -0.25) is 9.69 Å². The van der Waals surface area contributed by atoms with Crippen LogP contribution in [0.4, 0.5) is 4.79 Å². The van der Waals surface area contributed by atoms with E-state index in [-0.39, 0.29) is 17.9 Å². The van der Waals surface area contributed by atoms with E-state index in [4.69, 9.17) is 4.98 Å². The van der Waals surface area contributed by atoms with Crippen LogP contribution in [0.5, 0.6) is 0 Å². The Morgan fingerprint density at radius 3 is 2.34 bits per heavy atom. The van der Waals surface area contributed by atoms with E-state index in [9.17, 15) is 9.59 Å². The molecule has 0 radical (unpaired) electrons. The smallest absolute Gasteiger partial charge is 0.407 e. The zero-order chi connectivity index (χ0) is 34.4. The van der Waals surface area contributed by atoms with E-state index in [0.29, 0.717) is 36.9 Å². The van der Waals surface area contributed by atoms with Gasteiger partial charge in [-0.2, -0.15) is 0 Å². The number of carbonyl (C=O) groups excluding carboxylic acids is 2. The van der Waals surface area contributed by atoms with E-state index in [1.54, 1.807) is 4.90 Å². The topological polar surface area (TPSA) is 119 Å². The van der Waals surface area contributed by atoms with E-state index in [0.717, 1.165) is 52.0 Å². The summed E-state index contributed by atoms with van der Waals surface area (Å²) in [4.78, 5) is 45.4. The maximum Gasteiger partial charge on any atom is 0.407 e. The van der Waals surface area contributed by atoms with Crippen molar-refractivity contribution < 1.29 is 14.3 Å². The maximum absolute atomic E-state index is 13.0. The number of nitrogens with zero attached hydrogens (tertiary/aromatic N) is 4. The van der Waals surface area contributed by atoms with E-state index in [2.05, 4.69) is 105 Å². The highest BCUT2D eigenvalue weighted by Gasteiger charge is 2.43. The van der Waals surface area contributed by atoms with Crippen LogP contribution in [0.3, 0.4) is 0 Å². The molecule has 3 N–H and O–H groups in total. The van der Waals surface area contributed by atoms with Gasteiger partial charge in [0, 0.05) is 18.2 Å². The number of amides is 2. The van der Waals surface area contributed by atoms with E-state index >= 15 is 0 Å². The second kappa shape index (κ2) is 13.1. The highest BCUT2D eigenvalue weighted by Crippen LogP contribution is 2.47. The van der Waals surface area contributed by atoms with Crippen molar-refractivity contribution in [1.82, 2.24) is 35.1 Å². The number of aromatic amines is 2. The van der Waals surface area contributed by atoms with Gasteiger partial charge in [-0.05, 0) is 90.1 Å². The van der Waals surface area contributed by atoms with E-state index in [1.807, 2.05) is 12.4 Å². The van der Waals surface area contributed by atoms with Gasteiger partial charge in [-0.15, -0.1) is 0 Å². The maximum atomic E-state index is 13.0. The Kier molecular flexibility index (Phi) is 8.42. The molecular formula is C40H45N7O3. The first-order valence-corrected chi connectivity index (χ1v) is 17.8. The number of nitrogens with one attached hydrogen (secondary N) is 3. The fourth-order valence-electron chi connectivity index (χ4n) is 8.07. The Labute approximate surface area is 292 Å². The molecule has 258 valence electrons. The number of aromatic nitrogens is 4. The molecule has 3 aromatic carbocycles. The number of ether oxygens (including phenoxy) is 1. The lowest BCUT2D eigenvalue weighted by Gasteiger charge is -2.25. The standard InChI is InChI=1S/C40H45N7O3/c1-40(15-16-40)24-47(36(48)22-43-39(49)50-3)23-35-41-20-34(44-35)30-14-13-28-17-27(11-12-29(28)18-30)25-7-9-26(10-8-25)33-21-42-38(45-33)37-31-5-4-6-32(19-31)46(37)2/h7-14,17-18,20-21,31-32,37H,4-6,15-16,19,22-24H2,1-3H3,(H,41,44)(H,42,45)(H,43,49)/t31-,32+,37?/m0/s1. The molecule has 2 aromatic heterocycles. The third-order valence-corrected chi connectivity index (χ3v) is 11.3. The molecule has 2 aliphatic carbocycles. The van der Waals surface area contributed by atoms with Crippen LogP contribution >= 0.6 is 0 Å². The summed E-state index contributed by atoms with van der Waals surface area (Å²) in [6.45, 7) is 3.03. The summed E-state index contributed by atoms with van der Waals surface area (Å²) in [7, 11) is 3.55. The summed E-state index contributed by atoms with van der Waals surface area (Å²) >= 11 is 0. The summed E-state index contributed by atoms with van der Waals surface area (Å²) in [5.74, 6) is 2.35. The normalized spacial score (nSPS) is 20.9. The predicted molar refractivity (Wildman–Crippen MR) is 194 cm³/mol. The van der Waals surface area contributed by atoms with Crippen LogP contribution < -0.4 is 5.32 Å². The van der Waals surface area contributed by atoms with Crippen LogP contribution in [0.25, 0.3) is 44.4 Å². The Balaban J connectivity index is 0.946. The Morgan fingerprint density at radius 1 is 0.920 bits per heavy atom. The third kappa shape index (κ3) is 6.52. The molecular weight excluding hydrogens is 626 g/mol. The number of hydrogen-bond donors (Lipinski definition) is 3. The van der Waals surface area contributed by atoms with Crippen LogP contribution in [0.1, 0.15) is 63.1 Å². The SMILES string of the molecule is COC(=O)NCC(=O)N(Cc1ncc(-c2ccc3cc(-c4ccc(-c5cnc(C6[C@H]7CCC[C@H](C7)N6C)[nH]5)cc4)ccc3c2)[nH]1)CC1(C)CC1. The Hall–Kier alpha value is -4.96. The highest BCUT2D eigenvalue weighted by molar-refractivity contribution is 5.90. The third-order valence-electron chi connectivity index (χ3n) is 11.3. The van der Waals surface area contributed by atoms with Crippen molar-refractivity contribution in [3.8, 4) is 33.6 Å². The molecule has 1 saturated heterocycles. The van der Waals surface area contributed by atoms with Crippen LogP contribution in [-0.4, -0.2) is 75.0 Å². The molecule has 8 rings (SSSR count). The number of imidazole rings is 2. The molecule has 50 heavy (non-hydrogen) atoms. The molecule has 0 spiro atoms. The number of H-pyrrole nitrogens is 2. The van der Waals surface area contributed by atoms with Gasteiger partial charge < -0.3 is 24.9 Å². The molecule has 1 unspecified atom stereocenters. The van der Waals surface area contributed by atoms with Gasteiger partial charge in [0.1, 0.15) is 18.2 Å². The highest BCUT2D eigenvalue weighted by atomic mass is 16.5. The first-order chi connectivity index (χ1) is 24.2. The quantitative estimate of drug-likeness (QED) is 0.143. The van der Waals surface area contributed by atoms with Crippen LogP contribution in [0.15, 0.2) is 73.1 Å². The number of methoxy groups -OCH3 is 1. The summed E-state index contributed by atoms with van der Waals surface area (Å²) in [6, 6.07) is 22.8. The number of likely N-dealkylation sites (tertiary alicyclic amines) is 1. The zero-order valence-electron chi connectivity index (χ0n) is 29.0. The second-order valence-corrected chi connectivity index (χ2v) is 14.9. The minimum atomic E-state index is -0.620. The van der Waals surface area contributed by atoms with Gasteiger partial charge in [0.15, 0.2) is 0 Å². The fraction of sp³-hybridized carbons (Fsp3) is 0.400. The monoisotopic (exact) mass is 671 g/mol. The van der Waals surface area contributed by atoms with E-state index < -0.39 is 6.09 Å². The number of rotatable bonds is 10. The van der Waals surface area contributed by atoms with Crippen molar-refractivity contribution >= 4 is 22.8 Å². The number of benzene rings is 3. The van der Waals surface area contributed by atoms with Crippen molar-refractivity contribution in [2.75, 3.05) is 27.2 Å². The van der Waals surface area contributed by atoms with E-state index in [1.165, 1.54) is 43.9 Å². The van der Waals surface area contributed by atoms with Crippen LogP contribution in [0.2, 0.25) is 0 Å². The molecule has 2 saturated carbocycles. The average Bonchev–Trinajstić information content (AvgIpc) is 3.44. The number of carbonyl (C=O) groups is 2. The molecule has 1 aliphatic heterocycles. The minimum Gasteiger partial charge on any atom is -0.453 e. The molecule has 10 heteroatoms.